The number of alkyl halides is 10. The molecule has 148 valence electrons. The molecule has 0 radical (unpaired) electrons. The van der Waals surface area contributed by atoms with E-state index in [2.05, 4.69) is 4.74 Å². The van der Waals surface area contributed by atoms with Crippen molar-refractivity contribution in [2.45, 2.75) is 36.5 Å². The molecule has 12 heteroatoms. The summed E-state index contributed by atoms with van der Waals surface area (Å²) in [5.74, 6) is -22.0. The molecule has 1 atom stereocenters. The van der Waals surface area contributed by atoms with Crippen molar-refractivity contribution in [1.29, 1.82) is 0 Å². The quantitative estimate of drug-likeness (QED) is 0.342. The third kappa shape index (κ3) is 4.36. The molecule has 0 amide bonds. The second kappa shape index (κ2) is 7.53. The predicted octanol–water partition coefficient (Wildman–Crippen LogP) is 5.31. The maximum Gasteiger partial charge on any atom is 0.460 e. The van der Waals surface area contributed by atoms with Gasteiger partial charge < -0.3 is 4.74 Å². The van der Waals surface area contributed by atoms with Gasteiger partial charge in [-0.25, -0.2) is 4.79 Å². The van der Waals surface area contributed by atoms with E-state index in [1.165, 1.54) is 18.2 Å². The maximum atomic E-state index is 13.5. The zero-order chi connectivity index (χ0) is 20.4. The molecule has 1 aromatic carbocycles. The smallest absolute Gasteiger partial charge is 0.457 e. The summed E-state index contributed by atoms with van der Waals surface area (Å²) in [6.45, 7) is 0. The lowest BCUT2D eigenvalue weighted by molar-refractivity contribution is -0.398. The average Bonchev–Trinajstić information content (AvgIpc) is 2.53. The highest BCUT2D eigenvalue weighted by atomic mass is 35.5. The average molecular weight is 417 g/mol. The molecule has 0 saturated carbocycles. The van der Waals surface area contributed by atoms with Crippen molar-refractivity contribution in [3.05, 3.63) is 35.9 Å². The van der Waals surface area contributed by atoms with Crippen LogP contribution in [0.1, 0.15) is 16.8 Å². The third-order valence-electron chi connectivity index (χ3n) is 3.15. The van der Waals surface area contributed by atoms with Crippen LogP contribution in [0.5, 0.6) is 0 Å². The summed E-state index contributed by atoms with van der Waals surface area (Å²) < 4.78 is 120. The highest BCUT2D eigenvalue weighted by Crippen LogP contribution is 2.54. The molecule has 0 aromatic heterocycles. The first-order valence-corrected chi connectivity index (χ1v) is 7.23. The Hall–Kier alpha value is -1.65. The lowest BCUT2D eigenvalue weighted by Gasteiger charge is -2.34. The fourth-order valence-corrected chi connectivity index (χ4v) is 1.92. The van der Waals surface area contributed by atoms with Crippen LogP contribution in [0.2, 0.25) is 0 Å². The molecule has 2 nitrogen and oxygen atoms in total. The van der Waals surface area contributed by atoms with Gasteiger partial charge in [-0.3, -0.25) is 0 Å². The molecule has 1 unspecified atom stereocenters. The summed E-state index contributed by atoms with van der Waals surface area (Å²) in [5, 5.41) is 0. The Morgan fingerprint density at radius 1 is 0.923 bits per heavy atom. The topological polar surface area (TPSA) is 26.3 Å². The Labute approximate surface area is 145 Å². The standard InChI is InChI=1S/C14H10ClF9O2/c15-7-9(26-10(25)8-4-2-1-3-5-8)6-11(16,17)12(18,19)13(20,21)14(22,23)24/h1-5,9H,6-7H2. The van der Waals surface area contributed by atoms with Crippen molar-refractivity contribution in [2.75, 3.05) is 5.88 Å². The van der Waals surface area contributed by atoms with E-state index in [9.17, 15) is 44.3 Å². The minimum Gasteiger partial charge on any atom is -0.457 e. The van der Waals surface area contributed by atoms with Crippen molar-refractivity contribution in [2.24, 2.45) is 0 Å². The summed E-state index contributed by atoms with van der Waals surface area (Å²) in [5.41, 5.74) is -0.196. The first-order valence-electron chi connectivity index (χ1n) is 6.69. The van der Waals surface area contributed by atoms with Gasteiger partial charge in [-0.1, -0.05) is 18.2 Å². The lowest BCUT2D eigenvalue weighted by Crippen LogP contribution is -2.61. The summed E-state index contributed by atoms with van der Waals surface area (Å²) in [7, 11) is 0. The molecule has 0 saturated heterocycles. The van der Waals surface area contributed by atoms with Crippen LogP contribution in [0.25, 0.3) is 0 Å². The summed E-state index contributed by atoms with van der Waals surface area (Å²) >= 11 is 5.19. The van der Waals surface area contributed by atoms with Crippen molar-refractivity contribution in [3.63, 3.8) is 0 Å². The van der Waals surface area contributed by atoms with E-state index in [1.54, 1.807) is 0 Å². The van der Waals surface area contributed by atoms with Gasteiger partial charge in [-0.05, 0) is 12.1 Å². The zero-order valence-electron chi connectivity index (χ0n) is 12.5. The highest BCUT2D eigenvalue weighted by Gasteiger charge is 2.81. The van der Waals surface area contributed by atoms with Gasteiger partial charge in [0, 0.05) is 0 Å². The van der Waals surface area contributed by atoms with Gasteiger partial charge in [0.05, 0.1) is 17.9 Å². The number of halogens is 10. The minimum atomic E-state index is -7.01. The summed E-state index contributed by atoms with van der Waals surface area (Å²) in [6, 6.07) is 6.50. The van der Waals surface area contributed by atoms with Crippen LogP contribution in [-0.2, 0) is 4.74 Å². The van der Waals surface area contributed by atoms with Gasteiger partial charge in [0.2, 0.25) is 0 Å². The van der Waals surface area contributed by atoms with Gasteiger partial charge in [0.1, 0.15) is 6.10 Å². The van der Waals surface area contributed by atoms with Crippen LogP contribution in [0.3, 0.4) is 0 Å². The van der Waals surface area contributed by atoms with Crippen LogP contribution in [-0.4, -0.2) is 41.9 Å². The highest BCUT2D eigenvalue weighted by molar-refractivity contribution is 6.18. The molecular formula is C14H10ClF9O2. The van der Waals surface area contributed by atoms with E-state index in [-0.39, 0.29) is 5.56 Å². The number of rotatable bonds is 7. The second-order valence-electron chi connectivity index (χ2n) is 5.10. The first kappa shape index (κ1) is 22.4. The van der Waals surface area contributed by atoms with E-state index < -0.39 is 48.3 Å². The SMILES string of the molecule is O=C(OC(CCl)CC(F)(F)C(F)(F)C(F)(F)C(F)(F)F)c1ccccc1. The van der Waals surface area contributed by atoms with E-state index in [0.717, 1.165) is 12.1 Å². The predicted molar refractivity (Wildman–Crippen MR) is 71.9 cm³/mol. The Bertz CT molecular complexity index is 617. The number of carbonyl (C=O) groups is 1. The molecule has 0 aliphatic carbocycles. The molecule has 0 aliphatic heterocycles. The Morgan fingerprint density at radius 3 is 1.85 bits per heavy atom. The number of benzene rings is 1. The molecule has 26 heavy (non-hydrogen) atoms. The number of hydrogen-bond donors (Lipinski definition) is 0. The van der Waals surface area contributed by atoms with E-state index >= 15 is 0 Å². The number of esters is 1. The van der Waals surface area contributed by atoms with Crippen LogP contribution in [0, 0.1) is 0 Å². The molecule has 1 aromatic rings. The van der Waals surface area contributed by atoms with Crippen LogP contribution in [0.15, 0.2) is 30.3 Å². The molecule has 0 N–H and O–H groups in total. The lowest BCUT2D eigenvalue weighted by atomic mass is 9.99. The van der Waals surface area contributed by atoms with Gasteiger partial charge in [-0.2, -0.15) is 39.5 Å². The number of carbonyl (C=O) groups excluding carboxylic acids is 1. The van der Waals surface area contributed by atoms with Crippen LogP contribution < -0.4 is 0 Å². The molecule has 0 bridgehead atoms. The minimum absolute atomic E-state index is 0.196. The monoisotopic (exact) mass is 416 g/mol. The number of ether oxygens (including phenoxy) is 1. The molecule has 0 heterocycles. The van der Waals surface area contributed by atoms with Gasteiger partial charge in [0.25, 0.3) is 0 Å². The van der Waals surface area contributed by atoms with Crippen LogP contribution >= 0.6 is 11.6 Å². The van der Waals surface area contributed by atoms with Crippen molar-refractivity contribution in [3.8, 4) is 0 Å². The molecule has 0 spiro atoms. The molecule has 1 rings (SSSR count). The fraction of sp³-hybridized carbons (Fsp3) is 0.500. The van der Waals surface area contributed by atoms with Crippen molar-refractivity contribution < 1.29 is 49.0 Å². The summed E-state index contributed by atoms with van der Waals surface area (Å²) in [4.78, 5) is 11.7. The van der Waals surface area contributed by atoms with E-state index in [1.807, 2.05) is 0 Å². The van der Waals surface area contributed by atoms with Crippen molar-refractivity contribution in [1.82, 2.24) is 0 Å². The van der Waals surface area contributed by atoms with Crippen molar-refractivity contribution >= 4 is 17.6 Å². The van der Waals surface area contributed by atoms with E-state index in [0.29, 0.717) is 0 Å². The van der Waals surface area contributed by atoms with E-state index in [4.69, 9.17) is 11.6 Å². The summed E-state index contributed by atoms with van der Waals surface area (Å²) in [6.07, 6.45) is -11.5. The Balaban J connectivity index is 2.99. The van der Waals surface area contributed by atoms with Crippen LogP contribution in [0.4, 0.5) is 39.5 Å². The molecule has 0 aliphatic rings. The molecule has 0 fully saturated rings. The largest absolute Gasteiger partial charge is 0.460 e. The Morgan fingerprint density at radius 2 is 1.42 bits per heavy atom. The number of hydrogen-bond acceptors (Lipinski definition) is 2. The first-order chi connectivity index (χ1) is 11.7. The maximum absolute atomic E-state index is 13.5. The second-order valence-corrected chi connectivity index (χ2v) is 5.41. The van der Waals surface area contributed by atoms with Gasteiger partial charge in [-0.15, -0.1) is 11.6 Å². The zero-order valence-corrected chi connectivity index (χ0v) is 13.2. The van der Waals surface area contributed by atoms with Gasteiger partial charge >= 0.3 is 29.9 Å². The normalized spacial score (nSPS) is 14.8. The fourth-order valence-electron chi connectivity index (χ4n) is 1.74. The molecular weight excluding hydrogens is 407 g/mol. The Kier molecular flexibility index (Phi) is 6.49. The van der Waals surface area contributed by atoms with Gasteiger partial charge in [0.15, 0.2) is 0 Å². The third-order valence-corrected chi connectivity index (χ3v) is 3.49.